The van der Waals surface area contributed by atoms with Crippen molar-refractivity contribution in [3.8, 4) is 11.3 Å². The van der Waals surface area contributed by atoms with Crippen LogP contribution in [-0.2, 0) is 6.54 Å². The lowest BCUT2D eigenvalue weighted by Gasteiger charge is -2.14. The second-order valence-electron chi connectivity index (χ2n) is 8.49. The van der Waals surface area contributed by atoms with E-state index in [0.29, 0.717) is 28.5 Å². The van der Waals surface area contributed by atoms with Gasteiger partial charge in [-0.25, -0.2) is 24.3 Å². The maximum Gasteiger partial charge on any atom is 0.229 e. The molecule has 5 N–H and O–H groups in total. The number of hydrogen-bond acceptors (Lipinski definition) is 9. The minimum absolute atomic E-state index is 0.00534. The summed E-state index contributed by atoms with van der Waals surface area (Å²) >= 11 is 0. The van der Waals surface area contributed by atoms with E-state index in [2.05, 4.69) is 41.2 Å². The zero-order chi connectivity index (χ0) is 25.2. The fourth-order valence-electron chi connectivity index (χ4n) is 3.44. The Morgan fingerprint density at radius 2 is 1.83 bits per heavy atom. The van der Waals surface area contributed by atoms with Crippen LogP contribution in [0.15, 0.2) is 36.8 Å². The molecule has 10 heteroatoms. The van der Waals surface area contributed by atoms with E-state index < -0.39 is 5.82 Å². The zero-order valence-electron chi connectivity index (χ0n) is 20.7. The van der Waals surface area contributed by atoms with Crippen molar-refractivity contribution in [1.82, 2.24) is 30.6 Å². The van der Waals surface area contributed by atoms with Crippen LogP contribution in [0.4, 0.5) is 22.0 Å². The first-order valence-electron chi connectivity index (χ1n) is 11.8. The topological polar surface area (TPSA) is 124 Å². The summed E-state index contributed by atoms with van der Waals surface area (Å²) in [6, 6.07) is 5.55. The summed E-state index contributed by atoms with van der Waals surface area (Å²) < 4.78 is 14.7. The Hall–Kier alpha value is -3.50. The Labute approximate surface area is 205 Å². The van der Waals surface area contributed by atoms with Gasteiger partial charge in [-0.2, -0.15) is 0 Å². The van der Waals surface area contributed by atoms with Crippen molar-refractivity contribution in [2.45, 2.75) is 33.2 Å². The normalized spacial score (nSPS) is 11.0. The number of nitrogens with zero attached hydrogens (tertiary/aromatic N) is 4. The van der Waals surface area contributed by atoms with Gasteiger partial charge in [-0.05, 0) is 56.6 Å². The molecule has 0 aromatic carbocycles. The maximum atomic E-state index is 14.7. The number of aromatic nitrogens is 4. The van der Waals surface area contributed by atoms with Crippen LogP contribution < -0.4 is 21.3 Å². The van der Waals surface area contributed by atoms with Gasteiger partial charge >= 0.3 is 0 Å². The fraction of sp³-hybridized carbons (Fsp3) is 0.400. The molecule has 3 aromatic heterocycles. The second-order valence-corrected chi connectivity index (χ2v) is 8.49. The molecule has 0 saturated carbocycles. The number of unbranched alkanes of at least 4 members (excludes halogenated alkanes) is 1. The number of nitrogens with one attached hydrogen (secondary N) is 5. The van der Waals surface area contributed by atoms with E-state index >= 15 is 0 Å². The van der Waals surface area contributed by atoms with E-state index in [1.165, 1.54) is 6.20 Å². The lowest BCUT2D eigenvalue weighted by atomic mass is 9.98. The molecule has 0 atom stereocenters. The van der Waals surface area contributed by atoms with Gasteiger partial charge in [-0.15, -0.1) is 0 Å². The van der Waals surface area contributed by atoms with Gasteiger partial charge in [-0.3, -0.25) is 0 Å². The first kappa shape index (κ1) is 26.1. The fourth-order valence-corrected chi connectivity index (χ4v) is 3.44. The Kier molecular flexibility index (Phi) is 9.56. The van der Waals surface area contributed by atoms with E-state index in [9.17, 15) is 4.39 Å². The highest BCUT2D eigenvalue weighted by Gasteiger charge is 2.17. The average Bonchev–Trinajstić information content (AvgIpc) is 2.87. The molecule has 0 fully saturated rings. The Balaban J connectivity index is 1.71. The van der Waals surface area contributed by atoms with Gasteiger partial charge in [0.05, 0.1) is 6.20 Å². The highest BCUT2D eigenvalue weighted by molar-refractivity contribution is 6.04. The van der Waals surface area contributed by atoms with Gasteiger partial charge in [0, 0.05) is 42.8 Å². The first-order chi connectivity index (χ1) is 16.9. The van der Waals surface area contributed by atoms with Crippen LogP contribution in [0.5, 0.6) is 0 Å². The molecule has 0 saturated heterocycles. The lowest BCUT2D eigenvalue weighted by Crippen LogP contribution is -2.17. The average molecular weight is 480 g/mol. The molecule has 3 heterocycles. The van der Waals surface area contributed by atoms with Crippen molar-refractivity contribution >= 4 is 23.3 Å². The summed E-state index contributed by atoms with van der Waals surface area (Å²) in [6.45, 7) is 6.59. The molecule has 0 aliphatic heterocycles. The third-order valence-corrected chi connectivity index (χ3v) is 5.43. The third-order valence-electron chi connectivity index (χ3n) is 5.43. The zero-order valence-corrected chi connectivity index (χ0v) is 20.7. The largest absolute Gasteiger partial charge is 0.373 e. The predicted molar refractivity (Wildman–Crippen MR) is 139 cm³/mol. The SMILES string of the molecule is CNCCCCNCc1ccc(Nc2ncc(F)c(-c3cnc(NC)c(C(=N)C(C)C)c3)n2)nc1. The smallest absolute Gasteiger partial charge is 0.229 e. The van der Waals surface area contributed by atoms with Crippen molar-refractivity contribution in [3.05, 3.63) is 53.7 Å². The summed E-state index contributed by atoms with van der Waals surface area (Å²) in [7, 11) is 3.70. The number of rotatable bonds is 13. The number of pyridine rings is 2. The van der Waals surface area contributed by atoms with Crippen molar-refractivity contribution in [2.75, 3.05) is 37.8 Å². The lowest BCUT2D eigenvalue weighted by molar-refractivity contribution is 0.605. The van der Waals surface area contributed by atoms with Crippen molar-refractivity contribution < 1.29 is 4.39 Å². The van der Waals surface area contributed by atoms with Crippen molar-refractivity contribution in [3.63, 3.8) is 0 Å². The molecular weight excluding hydrogens is 445 g/mol. The molecule has 3 rings (SSSR count). The van der Waals surface area contributed by atoms with Gasteiger partial charge in [0.1, 0.15) is 17.3 Å². The molecule has 0 bridgehead atoms. The van der Waals surface area contributed by atoms with E-state index in [0.717, 1.165) is 44.2 Å². The molecule has 0 aliphatic carbocycles. The Bertz CT molecular complexity index is 1120. The van der Waals surface area contributed by atoms with Crippen molar-refractivity contribution in [2.24, 2.45) is 5.92 Å². The number of halogens is 1. The quantitative estimate of drug-likeness (QED) is 0.184. The molecule has 0 radical (unpaired) electrons. The van der Waals surface area contributed by atoms with Crippen LogP contribution in [-0.4, -0.2) is 52.8 Å². The molecule has 0 spiro atoms. The van der Waals surface area contributed by atoms with Gasteiger partial charge in [0.2, 0.25) is 5.95 Å². The second kappa shape index (κ2) is 12.8. The first-order valence-corrected chi connectivity index (χ1v) is 11.8. The third kappa shape index (κ3) is 7.24. The van der Waals surface area contributed by atoms with Crippen molar-refractivity contribution in [1.29, 1.82) is 5.41 Å². The van der Waals surface area contributed by atoms with Crippen LogP contribution in [0, 0.1) is 17.1 Å². The highest BCUT2D eigenvalue weighted by Crippen LogP contribution is 2.26. The monoisotopic (exact) mass is 479 g/mol. The Morgan fingerprint density at radius 1 is 1.03 bits per heavy atom. The van der Waals surface area contributed by atoms with Crippen LogP contribution in [0.1, 0.15) is 37.8 Å². The number of anilines is 3. The summed E-state index contributed by atoms with van der Waals surface area (Å²) in [5.74, 6) is 0.778. The van der Waals surface area contributed by atoms with E-state index in [1.54, 1.807) is 19.3 Å². The van der Waals surface area contributed by atoms with Crippen LogP contribution in [0.3, 0.4) is 0 Å². The van der Waals surface area contributed by atoms with Crippen LogP contribution in [0.2, 0.25) is 0 Å². The van der Waals surface area contributed by atoms with Gasteiger partial charge in [0.15, 0.2) is 5.82 Å². The Morgan fingerprint density at radius 3 is 2.51 bits per heavy atom. The standard InChI is InChI=1S/C25H34FN9/c1-16(2)22(27)19-11-18(14-32-24(19)29-4)23-20(26)15-33-25(35-23)34-21-8-7-17(13-31-21)12-30-10-6-5-9-28-3/h7-8,11,13-16,27-28,30H,5-6,9-10,12H2,1-4H3,(H,29,32)(H,31,33,34,35). The molecule has 0 amide bonds. The van der Waals surface area contributed by atoms with Gasteiger partial charge in [0.25, 0.3) is 0 Å². The molecule has 0 unspecified atom stereocenters. The molecule has 186 valence electrons. The summed E-state index contributed by atoms with van der Waals surface area (Å²) in [5, 5.41) is 21.0. The molecule has 3 aromatic rings. The molecule has 9 nitrogen and oxygen atoms in total. The predicted octanol–water partition coefficient (Wildman–Crippen LogP) is 3.97. The summed E-state index contributed by atoms with van der Waals surface area (Å²) in [6.07, 6.45) is 6.71. The minimum atomic E-state index is -0.569. The molecule has 35 heavy (non-hydrogen) atoms. The number of hydrogen-bond donors (Lipinski definition) is 5. The minimum Gasteiger partial charge on any atom is -0.373 e. The summed E-state index contributed by atoms with van der Waals surface area (Å²) in [4.78, 5) is 17.2. The van der Waals surface area contributed by atoms with Gasteiger partial charge < -0.3 is 26.7 Å². The molecule has 0 aliphatic rings. The van der Waals surface area contributed by atoms with Crippen LogP contribution >= 0.6 is 0 Å². The van der Waals surface area contributed by atoms with Crippen LogP contribution in [0.25, 0.3) is 11.3 Å². The van der Waals surface area contributed by atoms with E-state index in [1.807, 2.05) is 33.0 Å². The van der Waals surface area contributed by atoms with E-state index in [-0.39, 0.29) is 17.6 Å². The van der Waals surface area contributed by atoms with Gasteiger partial charge in [-0.1, -0.05) is 19.9 Å². The van der Waals surface area contributed by atoms with E-state index in [4.69, 9.17) is 5.41 Å². The molecular formula is C25H34FN9. The maximum absolute atomic E-state index is 14.7. The highest BCUT2D eigenvalue weighted by atomic mass is 19.1. The summed E-state index contributed by atoms with van der Waals surface area (Å²) in [5.41, 5.74) is 2.67.